The molecule has 1 fully saturated rings. The summed E-state index contributed by atoms with van der Waals surface area (Å²) in [5.74, 6) is 0. The molecule has 7 heteroatoms. The first-order valence-corrected chi connectivity index (χ1v) is 8.54. The van der Waals surface area contributed by atoms with Gasteiger partial charge in [-0.1, -0.05) is 0 Å². The van der Waals surface area contributed by atoms with E-state index in [1.807, 2.05) is 17.0 Å². The van der Waals surface area contributed by atoms with Crippen molar-refractivity contribution >= 4 is 38.0 Å². The molecule has 0 unspecified atom stereocenters. The highest BCUT2D eigenvalue weighted by Crippen LogP contribution is 2.26. The van der Waals surface area contributed by atoms with E-state index in [4.69, 9.17) is 0 Å². The highest BCUT2D eigenvalue weighted by atomic mass is 33.1. The van der Waals surface area contributed by atoms with Crippen LogP contribution in [0.3, 0.4) is 0 Å². The van der Waals surface area contributed by atoms with Crippen LogP contribution in [0.25, 0.3) is 0 Å². The van der Waals surface area contributed by atoms with Crippen molar-refractivity contribution in [2.24, 2.45) is 0 Å². The minimum Gasteiger partial charge on any atom is -0.368 e. The molecule has 1 aromatic rings. The van der Waals surface area contributed by atoms with Gasteiger partial charge in [-0.15, -0.1) is 11.7 Å². The third-order valence-corrected chi connectivity index (χ3v) is 5.13. The fourth-order valence-corrected chi connectivity index (χ4v) is 2.99. The normalized spacial score (nSPS) is 17.2. The van der Waals surface area contributed by atoms with Crippen molar-refractivity contribution < 1.29 is 8.42 Å². The molecule has 2 rings (SSSR count). The number of pyridine rings is 1. The summed E-state index contributed by atoms with van der Waals surface area (Å²) in [6.45, 7) is 1.13. The van der Waals surface area contributed by atoms with Crippen LogP contribution >= 0.6 is 22.5 Å². The van der Waals surface area contributed by atoms with Crippen LogP contribution in [0.5, 0.6) is 0 Å². The predicted octanol–water partition coefficient (Wildman–Crippen LogP) is 1.25. The van der Waals surface area contributed by atoms with Gasteiger partial charge in [-0.3, -0.25) is 0 Å². The number of nitrogens with zero attached hydrogens (tertiary/aromatic N) is 2. The average molecular weight is 276 g/mol. The maximum absolute atomic E-state index is 11.2. The number of rotatable bonds is 3. The Bertz CT molecular complexity index is 466. The lowest BCUT2D eigenvalue weighted by Gasteiger charge is -2.39. The molecule has 0 aromatic carbocycles. The van der Waals surface area contributed by atoms with Crippen LogP contribution < -0.4 is 4.90 Å². The standard InChI is InChI=1S/C9H12N2O2S3/c1-16(12,13)8-5-11(6-8)7-2-3-9(15-14)10-4-7/h2-4,8,14H,5-6H2,1H3. The van der Waals surface area contributed by atoms with Crippen molar-refractivity contribution in [1.29, 1.82) is 0 Å². The molecular formula is C9H12N2O2S3. The maximum Gasteiger partial charge on any atom is 0.153 e. The van der Waals surface area contributed by atoms with Gasteiger partial charge in [0.1, 0.15) is 5.03 Å². The van der Waals surface area contributed by atoms with Gasteiger partial charge < -0.3 is 4.90 Å². The number of hydrogen-bond donors (Lipinski definition) is 1. The first-order chi connectivity index (χ1) is 7.50. The molecule has 0 saturated carbocycles. The van der Waals surface area contributed by atoms with Gasteiger partial charge in [-0.2, -0.15) is 0 Å². The Morgan fingerprint density at radius 2 is 2.19 bits per heavy atom. The minimum absolute atomic E-state index is 0.230. The Morgan fingerprint density at radius 1 is 1.50 bits per heavy atom. The van der Waals surface area contributed by atoms with E-state index in [0.717, 1.165) is 10.7 Å². The van der Waals surface area contributed by atoms with E-state index in [0.29, 0.717) is 13.1 Å². The summed E-state index contributed by atoms with van der Waals surface area (Å²) in [4.78, 5) is 6.19. The van der Waals surface area contributed by atoms with E-state index in [1.54, 1.807) is 6.20 Å². The van der Waals surface area contributed by atoms with E-state index >= 15 is 0 Å². The van der Waals surface area contributed by atoms with Crippen LogP contribution in [0.4, 0.5) is 5.69 Å². The Morgan fingerprint density at radius 3 is 2.62 bits per heavy atom. The van der Waals surface area contributed by atoms with Crippen molar-refractivity contribution in [3.63, 3.8) is 0 Å². The van der Waals surface area contributed by atoms with Gasteiger partial charge in [-0.25, -0.2) is 13.4 Å². The number of sulfone groups is 1. The molecule has 0 bridgehead atoms. The number of hydrogen-bond acceptors (Lipinski definition) is 6. The molecule has 16 heavy (non-hydrogen) atoms. The SMILES string of the molecule is CS(=O)(=O)C1CN(c2ccc(SS)nc2)C1. The molecule has 2 heterocycles. The highest BCUT2D eigenvalue weighted by Gasteiger charge is 2.34. The summed E-state index contributed by atoms with van der Waals surface area (Å²) in [5, 5.41) is 0.610. The van der Waals surface area contributed by atoms with Gasteiger partial charge in [0.25, 0.3) is 0 Å². The van der Waals surface area contributed by atoms with E-state index < -0.39 is 9.84 Å². The monoisotopic (exact) mass is 276 g/mol. The summed E-state index contributed by atoms with van der Waals surface area (Å²) < 4.78 is 22.5. The van der Waals surface area contributed by atoms with Crippen LogP contribution in [0.1, 0.15) is 0 Å². The van der Waals surface area contributed by atoms with Crippen LogP contribution in [0, 0.1) is 0 Å². The van der Waals surface area contributed by atoms with Crippen molar-refractivity contribution in [3.8, 4) is 0 Å². The van der Waals surface area contributed by atoms with Gasteiger partial charge in [0.2, 0.25) is 0 Å². The second-order valence-electron chi connectivity index (χ2n) is 3.80. The van der Waals surface area contributed by atoms with Crippen LogP contribution in [-0.4, -0.2) is 38.0 Å². The average Bonchev–Trinajstić information content (AvgIpc) is 2.14. The summed E-state index contributed by atoms with van der Waals surface area (Å²) >= 11 is 4.05. The maximum atomic E-state index is 11.2. The third-order valence-electron chi connectivity index (χ3n) is 2.63. The zero-order valence-corrected chi connectivity index (χ0v) is 11.2. The lowest BCUT2D eigenvalue weighted by Crippen LogP contribution is -2.54. The first-order valence-electron chi connectivity index (χ1n) is 4.72. The highest BCUT2D eigenvalue weighted by molar-refractivity contribution is 8.68. The lowest BCUT2D eigenvalue weighted by molar-refractivity contribution is 0.546. The summed E-state index contributed by atoms with van der Waals surface area (Å²) in [6.07, 6.45) is 3.03. The van der Waals surface area contributed by atoms with E-state index in [2.05, 4.69) is 16.6 Å². The van der Waals surface area contributed by atoms with Crippen LogP contribution in [-0.2, 0) is 9.84 Å². The van der Waals surface area contributed by atoms with E-state index in [9.17, 15) is 8.42 Å². The topological polar surface area (TPSA) is 50.3 Å². The van der Waals surface area contributed by atoms with E-state index in [-0.39, 0.29) is 5.25 Å². The van der Waals surface area contributed by atoms with Gasteiger partial charge in [0.05, 0.1) is 17.1 Å². The first kappa shape index (κ1) is 12.1. The Kier molecular flexibility index (Phi) is 3.37. The minimum atomic E-state index is -2.90. The molecule has 88 valence electrons. The van der Waals surface area contributed by atoms with Crippen molar-refractivity contribution in [2.75, 3.05) is 24.2 Å². The molecule has 0 radical (unpaired) electrons. The summed E-state index contributed by atoms with van der Waals surface area (Å²) in [7, 11) is -1.61. The molecular weight excluding hydrogens is 264 g/mol. The molecule has 0 aliphatic carbocycles. The van der Waals surface area contributed by atoms with Crippen LogP contribution in [0.15, 0.2) is 23.4 Å². The smallest absolute Gasteiger partial charge is 0.153 e. The molecule has 1 aliphatic heterocycles. The number of thiol groups is 1. The zero-order chi connectivity index (χ0) is 11.8. The molecule has 4 nitrogen and oxygen atoms in total. The van der Waals surface area contributed by atoms with Gasteiger partial charge in [-0.05, 0) is 22.9 Å². The number of aromatic nitrogens is 1. The molecule has 0 amide bonds. The van der Waals surface area contributed by atoms with E-state index in [1.165, 1.54) is 17.0 Å². The largest absolute Gasteiger partial charge is 0.368 e. The second-order valence-corrected chi connectivity index (χ2v) is 7.28. The van der Waals surface area contributed by atoms with Crippen LogP contribution in [0.2, 0.25) is 0 Å². The summed E-state index contributed by atoms with van der Waals surface area (Å²) in [5.41, 5.74) is 0.964. The molecule has 0 N–H and O–H groups in total. The predicted molar refractivity (Wildman–Crippen MR) is 69.9 cm³/mol. The fourth-order valence-electron chi connectivity index (χ4n) is 1.53. The molecule has 0 atom stereocenters. The van der Waals surface area contributed by atoms with Gasteiger partial charge >= 0.3 is 0 Å². The van der Waals surface area contributed by atoms with Gasteiger partial charge in [0, 0.05) is 19.3 Å². The molecule has 0 spiro atoms. The number of anilines is 1. The Hall–Kier alpha value is -0.400. The molecule has 1 saturated heterocycles. The zero-order valence-electron chi connectivity index (χ0n) is 8.70. The lowest BCUT2D eigenvalue weighted by atomic mass is 10.2. The molecule has 1 aromatic heterocycles. The van der Waals surface area contributed by atoms with Crippen molar-refractivity contribution in [3.05, 3.63) is 18.3 Å². The van der Waals surface area contributed by atoms with Crippen molar-refractivity contribution in [2.45, 2.75) is 10.3 Å². The summed E-state index contributed by atoms with van der Waals surface area (Å²) in [6, 6.07) is 3.81. The quantitative estimate of drug-likeness (QED) is 0.665. The van der Waals surface area contributed by atoms with Crippen molar-refractivity contribution in [1.82, 2.24) is 4.98 Å². The van der Waals surface area contributed by atoms with Gasteiger partial charge in [0.15, 0.2) is 9.84 Å². The Balaban J connectivity index is 2.01. The Labute approximate surface area is 104 Å². The second kappa shape index (κ2) is 4.46. The molecule has 1 aliphatic rings. The third kappa shape index (κ3) is 2.46. The fraction of sp³-hybridized carbons (Fsp3) is 0.444.